The summed E-state index contributed by atoms with van der Waals surface area (Å²) in [5, 5.41) is 14.3. The summed E-state index contributed by atoms with van der Waals surface area (Å²) in [5.41, 5.74) is 5.76. The van der Waals surface area contributed by atoms with Crippen molar-refractivity contribution in [2.45, 2.75) is 58.9 Å². The summed E-state index contributed by atoms with van der Waals surface area (Å²) in [5.74, 6) is 1.46. The third kappa shape index (κ3) is 4.96. The molecule has 1 aromatic carbocycles. The van der Waals surface area contributed by atoms with E-state index in [1.54, 1.807) is 6.20 Å². The van der Waals surface area contributed by atoms with Crippen molar-refractivity contribution < 1.29 is 0 Å². The van der Waals surface area contributed by atoms with Crippen molar-refractivity contribution in [1.82, 2.24) is 39.3 Å². The van der Waals surface area contributed by atoms with Gasteiger partial charge in [0.05, 0.1) is 12.2 Å². The number of imidazole rings is 1. The van der Waals surface area contributed by atoms with E-state index >= 15 is 0 Å². The highest BCUT2D eigenvalue weighted by molar-refractivity contribution is 5.70. The van der Waals surface area contributed by atoms with Gasteiger partial charge in [0.2, 0.25) is 5.82 Å². The molecule has 0 fully saturated rings. The molecule has 0 aliphatic heterocycles. The molecule has 4 aromatic heterocycles. The van der Waals surface area contributed by atoms with Crippen LogP contribution in [-0.4, -0.2) is 39.3 Å². The summed E-state index contributed by atoms with van der Waals surface area (Å²) in [6.45, 7) is 9.10. The third-order valence-corrected chi connectivity index (χ3v) is 6.86. The first-order valence-electron chi connectivity index (χ1n) is 13.0. The lowest BCUT2D eigenvalue weighted by atomic mass is 9.88. The molecule has 196 valence electrons. The smallest absolute Gasteiger partial charge is 0.334 e. The molecule has 38 heavy (non-hydrogen) atoms. The highest BCUT2D eigenvalue weighted by atomic mass is 16.1. The van der Waals surface area contributed by atoms with Crippen LogP contribution in [-0.2, 0) is 25.4 Å². The number of aromatic amines is 1. The second-order valence-corrected chi connectivity index (χ2v) is 10.7. The molecule has 0 spiro atoms. The fourth-order valence-electron chi connectivity index (χ4n) is 4.84. The van der Waals surface area contributed by atoms with E-state index in [1.165, 1.54) is 0 Å². The summed E-state index contributed by atoms with van der Waals surface area (Å²) in [4.78, 5) is 18.5. The number of nitrogens with one attached hydrogen (secondary N) is 1. The van der Waals surface area contributed by atoms with Gasteiger partial charge in [0.1, 0.15) is 5.82 Å². The molecule has 0 unspecified atom stereocenters. The molecule has 5 rings (SSSR count). The number of tetrazole rings is 1. The maximum absolute atomic E-state index is 13.9. The molecule has 0 radical (unpaired) electrons. The van der Waals surface area contributed by atoms with Crippen molar-refractivity contribution >= 4 is 0 Å². The van der Waals surface area contributed by atoms with Crippen LogP contribution in [0.1, 0.15) is 57.5 Å². The van der Waals surface area contributed by atoms with Gasteiger partial charge in [-0.2, -0.15) is 5.21 Å². The van der Waals surface area contributed by atoms with Gasteiger partial charge in [0, 0.05) is 42.5 Å². The van der Waals surface area contributed by atoms with Crippen LogP contribution in [0.25, 0.3) is 28.3 Å². The largest absolute Gasteiger partial charge is 0.337 e. The monoisotopic (exact) mass is 510 g/mol. The van der Waals surface area contributed by atoms with Gasteiger partial charge in [-0.1, -0.05) is 52.3 Å². The van der Waals surface area contributed by atoms with E-state index in [9.17, 15) is 4.79 Å². The van der Waals surface area contributed by atoms with Gasteiger partial charge >= 0.3 is 5.69 Å². The number of hydrogen-bond acceptors (Lipinski definition) is 5. The van der Waals surface area contributed by atoms with Gasteiger partial charge in [-0.05, 0) is 58.9 Å². The molecule has 9 heteroatoms. The van der Waals surface area contributed by atoms with Crippen molar-refractivity contribution in [3.63, 3.8) is 0 Å². The molecule has 9 nitrogen and oxygen atoms in total. The Hall–Kier alpha value is -4.27. The average Bonchev–Trinajstić information content (AvgIpc) is 3.64. The first-order chi connectivity index (χ1) is 18.3. The van der Waals surface area contributed by atoms with Crippen LogP contribution in [0, 0.1) is 0 Å². The lowest BCUT2D eigenvalue weighted by Gasteiger charge is -2.20. The number of aryl methyl sites for hydroxylation is 2. The Morgan fingerprint density at radius 3 is 2.55 bits per heavy atom. The maximum Gasteiger partial charge on any atom is 0.334 e. The van der Waals surface area contributed by atoms with E-state index in [4.69, 9.17) is 0 Å². The molecule has 0 aliphatic carbocycles. The number of benzene rings is 1. The standard InChI is InChI=1S/C29H34N8O/c1-6-7-11-24-19-37(27-25(29(2,3)4)13-15-35(27)5)28(38)36(24)18-23-17-21(12-14-30-23)20-9-8-10-22(16-20)26-31-33-34-32-26/h8-10,12-17,19H,6-7,11,18H2,1-5H3,(H,31,32,33,34). The number of unbranched alkanes of at least 4 members (excludes halogenated alkanes) is 1. The quantitative estimate of drug-likeness (QED) is 0.320. The minimum Gasteiger partial charge on any atom is -0.337 e. The average molecular weight is 511 g/mol. The minimum atomic E-state index is -0.0896. The van der Waals surface area contributed by atoms with Crippen LogP contribution in [0.4, 0.5) is 0 Å². The molecular formula is C29H34N8O. The Kier molecular flexibility index (Phi) is 6.84. The van der Waals surface area contributed by atoms with Gasteiger partial charge < -0.3 is 4.57 Å². The summed E-state index contributed by atoms with van der Waals surface area (Å²) >= 11 is 0. The number of H-pyrrole nitrogens is 1. The number of rotatable bonds is 8. The van der Waals surface area contributed by atoms with Crippen LogP contribution < -0.4 is 5.69 Å². The van der Waals surface area contributed by atoms with Crippen LogP contribution in [0.3, 0.4) is 0 Å². The molecule has 0 atom stereocenters. The highest BCUT2D eigenvalue weighted by Gasteiger charge is 2.24. The van der Waals surface area contributed by atoms with Crippen molar-refractivity contribution in [1.29, 1.82) is 0 Å². The summed E-state index contributed by atoms with van der Waals surface area (Å²) in [7, 11) is 1.99. The number of hydrogen-bond donors (Lipinski definition) is 1. The van der Waals surface area contributed by atoms with Crippen LogP contribution >= 0.6 is 0 Å². The predicted octanol–water partition coefficient (Wildman–Crippen LogP) is 4.91. The van der Waals surface area contributed by atoms with Crippen molar-refractivity contribution in [2.75, 3.05) is 0 Å². The van der Waals surface area contributed by atoms with Gasteiger partial charge in [-0.15, -0.1) is 10.2 Å². The summed E-state index contributed by atoms with van der Waals surface area (Å²) in [6, 6.07) is 14.1. The molecule has 0 saturated carbocycles. The highest BCUT2D eigenvalue weighted by Crippen LogP contribution is 2.29. The first kappa shape index (κ1) is 25.4. The number of aromatic nitrogens is 8. The Balaban J connectivity index is 1.53. The van der Waals surface area contributed by atoms with Crippen molar-refractivity contribution in [2.24, 2.45) is 7.05 Å². The molecule has 1 N–H and O–H groups in total. The molecule has 0 amide bonds. The second-order valence-electron chi connectivity index (χ2n) is 10.7. The fourth-order valence-corrected chi connectivity index (χ4v) is 4.84. The zero-order valence-corrected chi connectivity index (χ0v) is 22.6. The molecular weight excluding hydrogens is 476 g/mol. The van der Waals surface area contributed by atoms with Crippen LogP contribution in [0.15, 0.2) is 65.8 Å². The van der Waals surface area contributed by atoms with E-state index in [0.29, 0.717) is 12.4 Å². The Morgan fingerprint density at radius 1 is 1.03 bits per heavy atom. The van der Waals surface area contributed by atoms with Gasteiger partial charge in [-0.3, -0.25) is 14.1 Å². The molecule has 0 saturated heterocycles. The van der Waals surface area contributed by atoms with Gasteiger partial charge in [0.15, 0.2) is 0 Å². The second kappa shape index (κ2) is 10.2. The number of nitrogens with zero attached hydrogens (tertiary/aromatic N) is 7. The summed E-state index contributed by atoms with van der Waals surface area (Å²) in [6.07, 6.45) is 8.75. The minimum absolute atomic E-state index is 0.0466. The first-order valence-corrected chi connectivity index (χ1v) is 13.0. The Morgan fingerprint density at radius 2 is 1.82 bits per heavy atom. The normalized spacial score (nSPS) is 11.8. The van der Waals surface area contributed by atoms with Crippen LogP contribution in [0.2, 0.25) is 0 Å². The van der Waals surface area contributed by atoms with Gasteiger partial charge in [-0.25, -0.2) is 4.79 Å². The van der Waals surface area contributed by atoms with E-state index in [2.05, 4.69) is 59.4 Å². The number of pyridine rings is 1. The Labute approximate surface area is 222 Å². The maximum atomic E-state index is 13.9. The van der Waals surface area contributed by atoms with E-state index < -0.39 is 0 Å². The lowest BCUT2D eigenvalue weighted by Crippen LogP contribution is -2.27. The predicted molar refractivity (Wildman–Crippen MR) is 148 cm³/mol. The summed E-state index contributed by atoms with van der Waals surface area (Å²) < 4.78 is 5.71. The van der Waals surface area contributed by atoms with Crippen LogP contribution in [0.5, 0.6) is 0 Å². The Bertz CT molecular complexity index is 1600. The topological polar surface area (TPSA) is 99.2 Å². The molecule has 0 aliphatic rings. The van der Waals surface area contributed by atoms with E-state index in [0.717, 1.165) is 58.7 Å². The molecule has 5 aromatic rings. The molecule has 4 heterocycles. The lowest BCUT2D eigenvalue weighted by molar-refractivity contribution is 0.581. The van der Waals surface area contributed by atoms with E-state index in [-0.39, 0.29) is 11.1 Å². The SMILES string of the molecule is CCCCc1cn(-c2c(C(C)(C)C)ccn2C)c(=O)n1Cc1cc(-c2cccc(-c3nn[nH]n3)c2)ccn1. The fraction of sp³-hybridized carbons (Fsp3) is 0.345. The zero-order valence-electron chi connectivity index (χ0n) is 22.6. The van der Waals surface area contributed by atoms with Crippen molar-refractivity contribution in [3.05, 3.63) is 88.5 Å². The third-order valence-electron chi connectivity index (χ3n) is 6.86. The van der Waals surface area contributed by atoms with Gasteiger partial charge in [0.25, 0.3) is 0 Å². The van der Waals surface area contributed by atoms with E-state index in [1.807, 2.05) is 69.5 Å². The van der Waals surface area contributed by atoms with Crippen molar-refractivity contribution in [3.8, 4) is 28.3 Å². The zero-order chi connectivity index (χ0) is 26.9. The molecule has 0 bridgehead atoms.